The number of carbonyl (C=O) groups is 1. The van der Waals surface area contributed by atoms with E-state index in [9.17, 15) is 4.79 Å². The standard InChI is InChI=1S/C9H19NO3/c1-5-10(6-2)9(12)13-8(4)7(3)11/h7-8,11H,5-6H2,1-4H3/t7-,8-/m0/s1. The first-order valence-corrected chi connectivity index (χ1v) is 4.66. The number of aliphatic hydroxyl groups excluding tert-OH is 1. The zero-order chi connectivity index (χ0) is 10.4. The Morgan fingerprint density at radius 1 is 1.38 bits per heavy atom. The van der Waals surface area contributed by atoms with Crippen LogP contribution in [0.15, 0.2) is 0 Å². The van der Waals surface area contributed by atoms with Gasteiger partial charge in [0.25, 0.3) is 0 Å². The Balaban J connectivity index is 3.98. The fraction of sp³-hybridized carbons (Fsp3) is 0.889. The molecule has 4 nitrogen and oxygen atoms in total. The summed E-state index contributed by atoms with van der Waals surface area (Å²) in [6.07, 6.45) is -1.44. The van der Waals surface area contributed by atoms with Crippen molar-refractivity contribution < 1.29 is 14.6 Å². The molecular weight excluding hydrogens is 170 g/mol. The second-order valence-electron chi connectivity index (χ2n) is 3.00. The van der Waals surface area contributed by atoms with Crippen molar-refractivity contribution in [3.05, 3.63) is 0 Å². The maximum Gasteiger partial charge on any atom is 0.410 e. The van der Waals surface area contributed by atoms with Gasteiger partial charge >= 0.3 is 6.09 Å². The smallest absolute Gasteiger partial charge is 0.410 e. The number of hydrogen-bond donors (Lipinski definition) is 1. The Labute approximate surface area is 79.5 Å². The number of amides is 1. The van der Waals surface area contributed by atoms with E-state index in [0.29, 0.717) is 13.1 Å². The molecule has 0 spiro atoms. The quantitative estimate of drug-likeness (QED) is 0.723. The average Bonchev–Trinajstić information content (AvgIpc) is 2.06. The molecule has 78 valence electrons. The van der Waals surface area contributed by atoms with E-state index < -0.39 is 12.2 Å². The van der Waals surface area contributed by atoms with Gasteiger partial charge in [-0.15, -0.1) is 0 Å². The molecule has 0 fully saturated rings. The van der Waals surface area contributed by atoms with Gasteiger partial charge in [-0.25, -0.2) is 4.79 Å². The molecule has 0 rings (SSSR count). The highest BCUT2D eigenvalue weighted by molar-refractivity contribution is 5.67. The Morgan fingerprint density at radius 3 is 2.15 bits per heavy atom. The minimum atomic E-state index is -0.625. The van der Waals surface area contributed by atoms with Crippen molar-refractivity contribution in [2.45, 2.75) is 39.9 Å². The summed E-state index contributed by atoms with van der Waals surface area (Å²) < 4.78 is 4.99. The van der Waals surface area contributed by atoms with Gasteiger partial charge in [0.15, 0.2) is 0 Å². The van der Waals surface area contributed by atoms with E-state index in [1.54, 1.807) is 18.7 Å². The van der Waals surface area contributed by atoms with Gasteiger partial charge in [-0.1, -0.05) is 0 Å². The SMILES string of the molecule is CCN(CC)C(=O)O[C@@H](C)[C@H](C)O. The third-order valence-corrected chi connectivity index (χ3v) is 1.99. The second-order valence-corrected chi connectivity index (χ2v) is 3.00. The summed E-state index contributed by atoms with van der Waals surface area (Å²) in [7, 11) is 0. The molecule has 13 heavy (non-hydrogen) atoms. The van der Waals surface area contributed by atoms with Crippen molar-refractivity contribution in [1.82, 2.24) is 4.90 Å². The highest BCUT2D eigenvalue weighted by atomic mass is 16.6. The van der Waals surface area contributed by atoms with E-state index in [1.165, 1.54) is 0 Å². The third kappa shape index (κ3) is 4.12. The van der Waals surface area contributed by atoms with Crippen LogP contribution in [0.3, 0.4) is 0 Å². The molecule has 0 unspecified atom stereocenters. The zero-order valence-electron chi connectivity index (χ0n) is 8.78. The summed E-state index contributed by atoms with van der Waals surface area (Å²) in [5.74, 6) is 0. The second kappa shape index (κ2) is 5.80. The van der Waals surface area contributed by atoms with Crippen molar-refractivity contribution in [3.8, 4) is 0 Å². The number of carbonyl (C=O) groups excluding carboxylic acids is 1. The molecule has 0 radical (unpaired) electrons. The van der Waals surface area contributed by atoms with Gasteiger partial charge in [-0.05, 0) is 27.7 Å². The minimum Gasteiger partial charge on any atom is -0.444 e. The third-order valence-electron chi connectivity index (χ3n) is 1.99. The molecule has 1 N–H and O–H groups in total. The lowest BCUT2D eigenvalue weighted by Crippen LogP contribution is -2.36. The Hall–Kier alpha value is -0.770. The Morgan fingerprint density at radius 2 is 1.85 bits per heavy atom. The van der Waals surface area contributed by atoms with Gasteiger partial charge in [-0.2, -0.15) is 0 Å². The number of hydrogen-bond acceptors (Lipinski definition) is 3. The first kappa shape index (κ1) is 12.2. The number of aliphatic hydroxyl groups is 1. The molecule has 2 atom stereocenters. The van der Waals surface area contributed by atoms with Crippen LogP contribution < -0.4 is 0 Å². The van der Waals surface area contributed by atoms with Crippen molar-refractivity contribution in [2.75, 3.05) is 13.1 Å². The first-order chi connectivity index (χ1) is 6.02. The van der Waals surface area contributed by atoms with Crippen LogP contribution in [0, 0.1) is 0 Å². The molecule has 4 heteroatoms. The number of rotatable bonds is 4. The topological polar surface area (TPSA) is 49.8 Å². The van der Waals surface area contributed by atoms with Crippen molar-refractivity contribution in [2.24, 2.45) is 0 Å². The van der Waals surface area contributed by atoms with Crippen LogP contribution in [0.1, 0.15) is 27.7 Å². The Kier molecular flexibility index (Phi) is 5.46. The van der Waals surface area contributed by atoms with E-state index in [1.807, 2.05) is 13.8 Å². The fourth-order valence-corrected chi connectivity index (χ4v) is 0.814. The molecule has 0 aliphatic heterocycles. The lowest BCUT2D eigenvalue weighted by molar-refractivity contribution is 0.00667. The maximum atomic E-state index is 11.3. The largest absolute Gasteiger partial charge is 0.444 e. The lowest BCUT2D eigenvalue weighted by atomic mass is 10.3. The van der Waals surface area contributed by atoms with Crippen LogP contribution >= 0.6 is 0 Å². The van der Waals surface area contributed by atoms with E-state index in [4.69, 9.17) is 9.84 Å². The molecule has 0 saturated heterocycles. The van der Waals surface area contributed by atoms with Gasteiger partial charge in [0.2, 0.25) is 0 Å². The Bertz CT molecular complexity index is 155. The highest BCUT2D eigenvalue weighted by Crippen LogP contribution is 2.02. The van der Waals surface area contributed by atoms with E-state index in [2.05, 4.69) is 0 Å². The molecule has 0 aromatic carbocycles. The first-order valence-electron chi connectivity index (χ1n) is 4.66. The monoisotopic (exact) mass is 189 g/mol. The van der Waals surface area contributed by atoms with Crippen LogP contribution in [-0.4, -0.2) is 41.4 Å². The van der Waals surface area contributed by atoms with Crippen LogP contribution in [0.5, 0.6) is 0 Å². The van der Waals surface area contributed by atoms with Gasteiger partial charge in [0.1, 0.15) is 6.10 Å². The van der Waals surface area contributed by atoms with E-state index >= 15 is 0 Å². The maximum absolute atomic E-state index is 11.3. The summed E-state index contributed by atoms with van der Waals surface area (Å²) >= 11 is 0. The van der Waals surface area contributed by atoms with Gasteiger partial charge < -0.3 is 14.7 Å². The van der Waals surface area contributed by atoms with Gasteiger partial charge in [0.05, 0.1) is 6.10 Å². The molecule has 0 aliphatic carbocycles. The van der Waals surface area contributed by atoms with Crippen LogP contribution in [0.2, 0.25) is 0 Å². The van der Waals surface area contributed by atoms with Gasteiger partial charge in [0, 0.05) is 13.1 Å². The molecule has 0 aromatic rings. The minimum absolute atomic E-state index is 0.363. The average molecular weight is 189 g/mol. The number of ether oxygens (including phenoxy) is 1. The van der Waals surface area contributed by atoms with Crippen LogP contribution in [0.25, 0.3) is 0 Å². The summed E-state index contributed by atoms with van der Waals surface area (Å²) in [6, 6.07) is 0. The van der Waals surface area contributed by atoms with Crippen LogP contribution in [0.4, 0.5) is 4.79 Å². The normalized spacial score (nSPS) is 14.8. The molecule has 0 saturated carbocycles. The molecule has 0 aromatic heterocycles. The van der Waals surface area contributed by atoms with Gasteiger partial charge in [-0.3, -0.25) is 0 Å². The number of nitrogens with zero attached hydrogens (tertiary/aromatic N) is 1. The summed E-state index contributed by atoms with van der Waals surface area (Å²) in [4.78, 5) is 12.9. The predicted molar refractivity (Wildman–Crippen MR) is 50.5 cm³/mol. The van der Waals surface area contributed by atoms with E-state index in [0.717, 1.165) is 0 Å². The van der Waals surface area contributed by atoms with E-state index in [-0.39, 0.29) is 6.09 Å². The fourth-order valence-electron chi connectivity index (χ4n) is 0.814. The lowest BCUT2D eigenvalue weighted by Gasteiger charge is -2.22. The summed E-state index contributed by atoms with van der Waals surface area (Å²) in [5, 5.41) is 9.10. The van der Waals surface area contributed by atoms with Crippen molar-refractivity contribution >= 4 is 6.09 Å². The summed E-state index contributed by atoms with van der Waals surface area (Å²) in [5.41, 5.74) is 0. The molecule has 1 amide bonds. The highest BCUT2D eigenvalue weighted by Gasteiger charge is 2.17. The molecule has 0 aliphatic rings. The van der Waals surface area contributed by atoms with Crippen LogP contribution in [-0.2, 0) is 4.74 Å². The predicted octanol–water partition coefficient (Wildman–Crippen LogP) is 1.23. The molecular formula is C9H19NO3. The van der Waals surface area contributed by atoms with Crippen molar-refractivity contribution in [1.29, 1.82) is 0 Å². The molecule has 0 heterocycles. The summed E-state index contributed by atoms with van der Waals surface area (Å²) in [6.45, 7) is 8.30. The molecule has 0 bridgehead atoms. The zero-order valence-corrected chi connectivity index (χ0v) is 8.78. The van der Waals surface area contributed by atoms with Crippen molar-refractivity contribution in [3.63, 3.8) is 0 Å².